The molecule has 1 aliphatic heterocycles. The highest BCUT2D eigenvalue weighted by Crippen LogP contribution is 2.25. The molecule has 0 aliphatic carbocycles. The number of amides is 1. The molecule has 144 valence electrons. The largest absolute Gasteiger partial charge is 0.381 e. The van der Waals surface area contributed by atoms with Crippen LogP contribution in [0.2, 0.25) is 0 Å². The van der Waals surface area contributed by atoms with Gasteiger partial charge in [-0.1, -0.05) is 30.3 Å². The van der Waals surface area contributed by atoms with Crippen molar-refractivity contribution >= 4 is 17.3 Å². The number of ether oxygens (including phenoxy) is 1. The highest BCUT2D eigenvalue weighted by atomic mass is 16.5. The van der Waals surface area contributed by atoms with Crippen LogP contribution < -0.4 is 16.0 Å². The predicted octanol–water partition coefficient (Wildman–Crippen LogP) is 3.21. The molecule has 1 saturated heterocycles. The van der Waals surface area contributed by atoms with Crippen molar-refractivity contribution < 1.29 is 9.53 Å². The van der Waals surface area contributed by atoms with Crippen LogP contribution in [0.25, 0.3) is 0 Å². The number of rotatable bonds is 7. The molecule has 1 unspecified atom stereocenters. The third-order valence-corrected chi connectivity index (χ3v) is 5.18. The number of carbonyl (C=O) groups is 1. The van der Waals surface area contributed by atoms with Gasteiger partial charge in [-0.15, -0.1) is 0 Å². The van der Waals surface area contributed by atoms with E-state index in [9.17, 15) is 4.79 Å². The second kappa shape index (κ2) is 9.53. The van der Waals surface area contributed by atoms with Crippen LogP contribution in [0, 0.1) is 5.92 Å². The lowest BCUT2D eigenvalue weighted by Crippen LogP contribution is -2.46. The van der Waals surface area contributed by atoms with Crippen molar-refractivity contribution in [1.29, 1.82) is 0 Å². The summed E-state index contributed by atoms with van der Waals surface area (Å²) in [5, 5.41) is 2.97. The number of hydrogen-bond acceptors (Lipinski definition) is 4. The van der Waals surface area contributed by atoms with Crippen molar-refractivity contribution in [3.63, 3.8) is 0 Å². The second-order valence-corrected chi connectivity index (χ2v) is 6.94. The first-order chi connectivity index (χ1) is 13.2. The Morgan fingerprint density at radius 2 is 1.74 bits per heavy atom. The van der Waals surface area contributed by atoms with E-state index in [4.69, 9.17) is 10.5 Å². The third kappa shape index (κ3) is 5.08. The van der Waals surface area contributed by atoms with Gasteiger partial charge in [0.15, 0.2) is 0 Å². The van der Waals surface area contributed by atoms with Gasteiger partial charge in [0.05, 0.1) is 6.04 Å². The Bertz CT molecular complexity index is 712. The van der Waals surface area contributed by atoms with Crippen LogP contribution in [0.15, 0.2) is 54.6 Å². The predicted molar refractivity (Wildman–Crippen MR) is 109 cm³/mol. The van der Waals surface area contributed by atoms with E-state index < -0.39 is 6.04 Å². The highest BCUT2D eigenvalue weighted by molar-refractivity contribution is 5.81. The van der Waals surface area contributed by atoms with E-state index in [1.807, 2.05) is 18.2 Å². The normalized spacial score (nSPS) is 15.9. The average molecular weight is 367 g/mol. The molecule has 1 amide bonds. The summed E-state index contributed by atoms with van der Waals surface area (Å²) in [5.74, 6) is 0.135. The molecule has 5 heteroatoms. The summed E-state index contributed by atoms with van der Waals surface area (Å²) in [5.41, 5.74) is 9.50. The standard InChI is InChI=1S/C22H29N3O2/c1-2-25(19-6-4-3-5-7-19)20-10-8-17(9-11-20)16-24-22(26)21(23)18-12-14-27-15-13-18/h3-11,18,21H,2,12-16,23H2,1H3,(H,24,26). The molecule has 2 aromatic rings. The van der Waals surface area contributed by atoms with Crippen LogP contribution in [0.3, 0.4) is 0 Å². The lowest BCUT2D eigenvalue weighted by molar-refractivity contribution is -0.124. The van der Waals surface area contributed by atoms with Crippen LogP contribution in [0.5, 0.6) is 0 Å². The lowest BCUT2D eigenvalue weighted by Gasteiger charge is -2.26. The molecular formula is C22H29N3O2. The van der Waals surface area contributed by atoms with Crippen LogP contribution in [0.1, 0.15) is 25.3 Å². The Balaban J connectivity index is 1.56. The fourth-order valence-corrected chi connectivity index (χ4v) is 3.51. The summed E-state index contributed by atoms with van der Waals surface area (Å²) in [6.07, 6.45) is 1.71. The molecule has 27 heavy (non-hydrogen) atoms. The molecule has 1 heterocycles. The summed E-state index contributed by atoms with van der Waals surface area (Å²) in [7, 11) is 0. The molecular weight excluding hydrogens is 338 g/mol. The number of benzene rings is 2. The van der Waals surface area contributed by atoms with E-state index >= 15 is 0 Å². The Morgan fingerprint density at radius 3 is 2.37 bits per heavy atom. The van der Waals surface area contributed by atoms with Crippen molar-refractivity contribution in [3.05, 3.63) is 60.2 Å². The van der Waals surface area contributed by atoms with E-state index in [1.54, 1.807) is 0 Å². The summed E-state index contributed by atoms with van der Waals surface area (Å²) >= 11 is 0. The quantitative estimate of drug-likeness (QED) is 0.788. The van der Waals surface area contributed by atoms with Crippen LogP contribution in [-0.2, 0) is 16.1 Å². The second-order valence-electron chi connectivity index (χ2n) is 6.94. The Morgan fingerprint density at radius 1 is 1.11 bits per heavy atom. The summed E-state index contributed by atoms with van der Waals surface area (Å²) in [6, 6.07) is 18.2. The minimum Gasteiger partial charge on any atom is -0.381 e. The van der Waals surface area contributed by atoms with Crippen LogP contribution >= 0.6 is 0 Å². The molecule has 3 N–H and O–H groups in total. The topological polar surface area (TPSA) is 67.6 Å². The zero-order chi connectivity index (χ0) is 19.1. The lowest BCUT2D eigenvalue weighted by atomic mass is 9.92. The maximum Gasteiger partial charge on any atom is 0.237 e. The Labute approximate surface area is 161 Å². The minimum absolute atomic E-state index is 0.0783. The first-order valence-electron chi connectivity index (χ1n) is 9.71. The van der Waals surface area contributed by atoms with Crippen molar-refractivity contribution in [2.45, 2.75) is 32.4 Å². The van der Waals surface area contributed by atoms with Crippen molar-refractivity contribution in [2.24, 2.45) is 11.7 Å². The first kappa shape index (κ1) is 19.4. The first-order valence-corrected chi connectivity index (χ1v) is 9.71. The number of para-hydroxylation sites is 1. The third-order valence-electron chi connectivity index (χ3n) is 5.18. The number of hydrogen-bond donors (Lipinski definition) is 2. The number of carbonyl (C=O) groups excluding carboxylic acids is 1. The van der Waals surface area contributed by atoms with E-state index in [0.717, 1.165) is 30.6 Å². The van der Waals surface area contributed by atoms with E-state index in [-0.39, 0.29) is 11.8 Å². The smallest absolute Gasteiger partial charge is 0.237 e. The number of nitrogens with two attached hydrogens (primary N) is 1. The van der Waals surface area contributed by atoms with Gasteiger partial charge in [0.1, 0.15) is 0 Å². The van der Waals surface area contributed by atoms with Gasteiger partial charge in [0, 0.05) is 37.7 Å². The number of nitrogens with zero attached hydrogens (tertiary/aromatic N) is 1. The molecule has 0 aromatic heterocycles. The monoisotopic (exact) mass is 367 g/mol. The van der Waals surface area contributed by atoms with Gasteiger partial charge < -0.3 is 20.7 Å². The zero-order valence-corrected chi connectivity index (χ0v) is 15.9. The van der Waals surface area contributed by atoms with Gasteiger partial charge in [-0.2, -0.15) is 0 Å². The molecule has 1 fully saturated rings. The molecule has 5 nitrogen and oxygen atoms in total. The number of nitrogens with one attached hydrogen (secondary N) is 1. The van der Waals surface area contributed by atoms with Crippen LogP contribution in [-0.4, -0.2) is 31.7 Å². The van der Waals surface area contributed by atoms with Gasteiger partial charge in [-0.05, 0) is 55.5 Å². The highest BCUT2D eigenvalue weighted by Gasteiger charge is 2.26. The molecule has 0 spiro atoms. The molecule has 3 rings (SSSR count). The molecule has 2 aromatic carbocycles. The summed E-state index contributed by atoms with van der Waals surface area (Å²) in [4.78, 5) is 14.6. The van der Waals surface area contributed by atoms with Crippen molar-refractivity contribution in [2.75, 3.05) is 24.7 Å². The zero-order valence-electron chi connectivity index (χ0n) is 15.9. The Hall–Kier alpha value is -2.37. The maximum absolute atomic E-state index is 12.3. The Kier molecular flexibility index (Phi) is 6.85. The van der Waals surface area contributed by atoms with E-state index in [1.165, 1.54) is 5.69 Å². The van der Waals surface area contributed by atoms with Gasteiger partial charge in [0.2, 0.25) is 5.91 Å². The van der Waals surface area contributed by atoms with E-state index in [0.29, 0.717) is 19.8 Å². The molecule has 1 atom stereocenters. The fourth-order valence-electron chi connectivity index (χ4n) is 3.51. The van der Waals surface area contributed by atoms with Gasteiger partial charge in [-0.25, -0.2) is 0 Å². The molecule has 0 bridgehead atoms. The van der Waals surface area contributed by atoms with Gasteiger partial charge in [0.25, 0.3) is 0 Å². The minimum atomic E-state index is -0.457. The molecule has 1 aliphatic rings. The molecule has 0 radical (unpaired) electrons. The number of anilines is 2. The van der Waals surface area contributed by atoms with Gasteiger partial charge in [-0.3, -0.25) is 4.79 Å². The maximum atomic E-state index is 12.3. The van der Waals surface area contributed by atoms with E-state index in [2.05, 4.69) is 53.5 Å². The van der Waals surface area contributed by atoms with Crippen molar-refractivity contribution in [1.82, 2.24) is 5.32 Å². The SMILES string of the molecule is CCN(c1ccccc1)c1ccc(CNC(=O)C(N)C2CCOCC2)cc1. The van der Waals surface area contributed by atoms with Crippen molar-refractivity contribution in [3.8, 4) is 0 Å². The van der Waals surface area contributed by atoms with Crippen LogP contribution in [0.4, 0.5) is 11.4 Å². The molecule has 0 saturated carbocycles. The summed E-state index contributed by atoms with van der Waals surface area (Å²) in [6.45, 7) is 4.91. The average Bonchev–Trinajstić information content (AvgIpc) is 2.74. The van der Waals surface area contributed by atoms with Gasteiger partial charge >= 0.3 is 0 Å². The summed E-state index contributed by atoms with van der Waals surface area (Å²) < 4.78 is 5.34. The fraction of sp³-hybridized carbons (Fsp3) is 0.409.